The maximum atomic E-state index is 13.4. The number of hydrogen-bond acceptors (Lipinski definition) is 3. The summed E-state index contributed by atoms with van der Waals surface area (Å²) in [6, 6.07) is 23.3. The van der Waals surface area contributed by atoms with Gasteiger partial charge in [0.1, 0.15) is 22.9 Å². The number of benzene rings is 3. The van der Waals surface area contributed by atoms with Gasteiger partial charge in [-0.25, -0.2) is 4.85 Å². The van der Waals surface area contributed by atoms with Crippen LogP contribution in [0.4, 0.5) is 5.69 Å². The first-order valence-electron chi connectivity index (χ1n) is 12.9. The third-order valence-electron chi connectivity index (χ3n) is 7.16. The molecule has 0 saturated heterocycles. The summed E-state index contributed by atoms with van der Waals surface area (Å²) < 4.78 is 5.99. The van der Waals surface area contributed by atoms with E-state index < -0.39 is 5.54 Å². The summed E-state index contributed by atoms with van der Waals surface area (Å²) in [4.78, 5) is 24.1. The molecule has 0 aromatic heterocycles. The van der Waals surface area contributed by atoms with Crippen LogP contribution in [0.15, 0.2) is 77.8 Å². The molecule has 1 heterocycles. The highest BCUT2D eigenvalue weighted by Crippen LogP contribution is 2.40. The van der Waals surface area contributed by atoms with Crippen molar-refractivity contribution in [2.75, 3.05) is 0 Å². The summed E-state index contributed by atoms with van der Waals surface area (Å²) in [7, 11) is 0. The summed E-state index contributed by atoms with van der Waals surface area (Å²) in [6.07, 6.45) is 6.88. The van der Waals surface area contributed by atoms with E-state index in [0.717, 1.165) is 73.2 Å². The Balaban J connectivity index is 1.36. The number of carbonyl (C=O) groups excluding carboxylic acids is 1. The van der Waals surface area contributed by atoms with Gasteiger partial charge in [0.15, 0.2) is 5.69 Å². The molecular formula is C31H31N3O2. The Morgan fingerprint density at radius 1 is 1.00 bits per heavy atom. The van der Waals surface area contributed by atoms with Gasteiger partial charge in [-0.15, -0.1) is 0 Å². The second kappa shape index (κ2) is 10.4. The van der Waals surface area contributed by atoms with Crippen LogP contribution in [0.2, 0.25) is 0 Å². The second-order valence-electron chi connectivity index (χ2n) is 9.66. The maximum Gasteiger partial charge on any atom is 0.256 e. The lowest BCUT2D eigenvalue weighted by Gasteiger charge is -2.23. The molecule has 5 heteroatoms. The maximum absolute atomic E-state index is 13.4. The highest BCUT2D eigenvalue weighted by molar-refractivity contribution is 6.08. The predicted octanol–water partition coefficient (Wildman–Crippen LogP) is 7.94. The molecule has 3 aromatic carbocycles. The van der Waals surface area contributed by atoms with Crippen LogP contribution in [0.3, 0.4) is 0 Å². The molecular weight excluding hydrogens is 446 g/mol. The van der Waals surface area contributed by atoms with Gasteiger partial charge in [-0.1, -0.05) is 74.7 Å². The van der Waals surface area contributed by atoms with Gasteiger partial charge in [0.25, 0.3) is 5.91 Å². The third kappa shape index (κ3) is 4.77. The number of aliphatic imine (C=N–C) groups is 1. The molecule has 0 atom stereocenters. The lowest BCUT2D eigenvalue weighted by atomic mass is 9.98. The van der Waals surface area contributed by atoms with E-state index in [-0.39, 0.29) is 5.91 Å². The highest BCUT2D eigenvalue weighted by atomic mass is 16.5. The Morgan fingerprint density at radius 2 is 1.75 bits per heavy atom. The SMILES string of the molecule is [C-]#[N+]c1ccc(Oc2ccccc2)cc1-c1ccc(CN2C(=O)C3(CCCC3)N=C2CCCC)cc1. The zero-order chi connectivity index (χ0) is 25.0. The van der Waals surface area contributed by atoms with Crippen molar-refractivity contribution in [2.45, 2.75) is 64.0 Å². The molecule has 1 aliphatic heterocycles. The minimum absolute atomic E-state index is 0.177. The number of hydrogen-bond donors (Lipinski definition) is 0. The standard InChI is InChI=1S/C31H31N3O2/c1-3-4-12-29-33-31(19-8-9-20-31)30(35)34(29)22-23-13-15-24(16-14-23)27-21-26(17-18-28(27)32-2)36-25-10-6-5-7-11-25/h5-7,10-11,13-18,21H,3-4,8-9,12,19-20,22H2,1H3. The lowest BCUT2D eigenvalue weighted by molar-refractivity contribution is -0.131. The molecule has 0 bridgehead atoms. The minimum Gasteiger partial charge on any atom is -0.457 e. The van der Waals surface area contributed by atoms with E-state index in [1.165, 1.54) is 0 Å². The number of rotatable bonds is 8. The van der Waals surface area contributed by atoms with E-state index >= 15 is 0 Å². The monoisotopic (exact) mass is 477 g/mol. The van der Waals surface area contributed by atoms with Crippen LogP contribution in [0.5, 0.6) is 11.5 Å². The van der Waals surface area contributed by atoms with Crippen molar-refractivity contribution in [1.29, 1.82) is 0 Å². The molecule has 1 saturated carbocycles. The van der Waals surface area contributed by atoms with Crippen LogP contribution in [0.25, 0.3) is 16.0 Å². The number of amides is 1. The number of para-hydroxylation sites is 1. The topological polar surface area (TPSA) is 46.3 Å². The molecule has 2 aliphatic rings. The van der Waals surface area contributed by atoms with Crippen LogP contribution < -0.4 is 4.74 Å². The second-order valence-corrected chi connectivity index (χ2v) is 9.66. The van der Waals surface area contributed by atoms with Crippen LogP contribution in [-0.4, -0.2) is 22.2 Å². The smallest absolute Gasteiger partial charge is 0.256 e. The Labute approximate surface area is 213 Å². The lowest BCUT2D eigenvalue weighted by Crippen LogP contribution is -2.40. The number of nitrogens with zero attached hydrogens (tertiary/aromatic N) is 3. The molecule has 0 N–H and O–H groups in total. The predicted molar refractivity (Wildman–Crippen MR) is 143 cm³/mol. The van der Waals surface area contributed by atoms with E-state index in [2.05, 4.69) is 23.9 Å². The molecule has 5 nitrogen and oxygen atoms in total. The molecule has 182 valence electrons. The Morgan fingerprint density at radius 3 is 2.44 bits per heavy atom. The summed E-state index contributed by atoms with van der Waals surface area (Å²) in [5, 5.41) is 0. The summed E-state index contributed by atoms with van der Waals surface area (Å²) in [5.41, 5.74) is 2.91. The molecule has 5 rings (SSSR count). The molecule has 0 unspecified atom stereocenters. The molecule has 1 spiro atoms. The Hall–Kier alpha value is -3.91. The van der Waals surface area contributed by atoms with Crippen molar-refractivity contribution in [3.05, 3.63) is 89.8 Å². The Kier molecular flexibility index (Phi) is 6.86. The van der Waals surface area contributed by atoms with Crippen molar-refractivity contribution in [3.8, 4) is 22.6 Å². The van der Waals surface area contributed by atoms with E-state index in [4.69, 9.17) is 16.3 Å². The van der Waals surface area contributed by atoms with Crippen molar-refractivity contribution < 1.29 is 9.53 Å². The van der Waals surface area contributed by atoms with Gasteiger partial charge < -0.3 is 4.74 Å². The molecule has 1 aliphatic carbocycles. The zero-order valence-electron chi connectivity index (χ0n) is 20.7. The van der Waals surface area contributed by atoms with Gasteiger partial charge >= 0.3 is 0 Å². The van der Waals surface area contributed by atoms with Crippen molar-refractivity contribution in [2.24, 2.45) is 4.99 Å². The fraction of sp³-hybridized carbons (Fsp3) is 0.323. The molecule has 3 aromatic rings. The first-order valence-corrected chi connectivity index (χ1v) is 12.9. The summed E-state index contributed by atoms with van der Waals surface area (Å²) in [6.45, 7) is 10.3. The summed E-state index contributed by atoms with van der Waals surface area (Å²) >= 11 is 0. The van der Waals surface area contributed by atoms with Crippen molar-refractivity contribution in [3.63, 3.8) is 0 Å². The van der Waals surface area contributed by atoms with Crippen LogP contribution in [-0.2, 0) is 11.3 Å². The van der Waals surface area contributed by atoms with Gasteiger partial charge in [-0.3, -0.25) is 14.7 Å². The van der Waals surface area contributed by atoms with Gasteiger partial charge in [-0.2, -0.15) is 0 Å². The average molecular weight is 478 g/mol. The largest absolute Gasteiger partial charge is 0.457 e. The summed E-state index contributed by atoms with van der Waals surface area (Å²) in [5.74, 6) is 2.57. The minimum atomic E-state index is -0.507. The third-order valence-corrected chi connectivity index (χ3v) is 7.16. The highest BCUT2D eigenvalue weighted by Gasteiger charge is 2.49. The van der Waals surface area contributed by atoms with Gasteiger partial charge in [0.2, 0.25) is 0 Å². The van der Waals surface area contributed by atoms with E-state index in [9.17, 15) is 4.79 Å². The quantitative estimate of drug-likeness (QED) is 0.309. The number of amidine groups is 1. The van der Waals surface area contributed by atoms with Gasteiger partial charge in [0.05, 0.1) is 13.1 Å². The van der Waals surface area contributed by atoms with Gasteiger partial charge in [0, 0.05) is 6.42 Å². The zero-order valence-corrected chi connectivity index (χ0v) is 20.7. The molecule has 1 amide bonds. The number of carbonyl (C=O) groups is 1. The first kappa shape index (κ1) is 23.8. The molecule has 0 radical (unpaired) electrons. The van der Waals surface area contributed by atoms with E-state index in [1.54, 1.807) is 6.07 Å². The van der Waals surface area contributed by atoms with Crippen molar-refractivity contribution >= 4 is 17.4 Å². The van der Waals surface area contributed by atoms with Crippen LogP contribution in [0, 0.1) is 6.57 Å². The van der Waals surface area contributed by atoms with E-state index in [1.807, 2.05) is 59.5 Å². The van der Waals surface area contributed by atoms with Gasteiger partial charge in [-0.05, 0) is 60.2 Å². The fourth-order valence-corrected chi connectivity index (χ4v) is 5.20. The van der Waals surface area contributed by atoms with E-state index in [0.29, 0.717) is 18.0 Å². The number of unbranched alkanes of at least 4 members (excludes halogenated alkanes) is 1. The average Bonchev–Trinajstić information content (AvgIpc) is 3.49. The normalized spacial score (nSPS) is 16.3. The van der Waals surface area contributed by atoms with Crippen LogP contribution >= 0.6 is 0 Å². The Bertz CT molecular complexity index is 1300. The molecule has 36 heavy (non-hydrogen) atoms. The molecule has 1 fully saturated rings. The van der Waals surface area contributed by atoms with Crippen LogP contribution in [0.1, 0.15) is 57.4 Å². The fourth-order valence-electron chi connectivity index (χ4n) is 5.20. The number of ether oxygens (including phenoxy) is 1. The van der Waals surface area contributed by atoms with Crippen molar-refractivity contribution in [1.82, 2.24) is 4.90 Å². The first-order chi connectivity index (χ1) is 17.6.